The Hall–Kier alpha value is -2.89. The fourth-order valence-corrected chi connectivity index (χ4v) is 3.22. The zero-order valence-electron chi connectivity index (χ0n) is 13.7. The molecule has 1 aromatic carbocycles. The number of urea groups is 1. The molecule has 0 radical (unpaired) electrons. The molecule has 2 amide bonds. The molecule has 1 saturated heterocycles. The number of aromatic nitrogens is 3. The summed E-state index contributed by atoms with van der Waals surface area (Å²) in [6.45, 7) is 2.71. The minimum absolute atomic E-state index is 0.0854. The topological polar surface area (TPSA) is 63.1 Å². The molecule has 2 aromatic heterocycles. The van der Waals surface area contributed by atoms with Crippen LogP contribution in [0.4, 0.5) is 10.5 Å². The number of nitrogens with zero attached hydrogens (tertiary/aromatic N) is 4. The minimum Gasteiger partial charge on any atom is -0.317 e. The lowest BCUT2D eigenvalue weighted by Crippen LogP contribution is -2.47. The molecule has 122 valence electrons. The van der Waals surface area contributed by atoms with E-state index in [0.717, 1.165) is 29.7 Å². The van der Waals surface area contributed by atoms with Gasteiger partial charge in [0.1, 0.15) is 0 Å². The van der Waals surface area contributed by atoms with E-state index in [0.29, 0.717) is 5.69 Å². The number of hydrogen-bond donors (Lipinski definition) is 1. The van der Waals surface area contributed by atoms with E-state index in [2.05, 4.69) is 27.5 Å². The number of carbonyl (C=O) groups excluding carboxylic acids is 1. The summed E-state index contributed by atoms with van der Waals surface area (Å²) < 4.78 is 1.75. The van der Waals surface area contributed by atoms with E-state index in [4.69, 9.17) is 0 Å². The molecule has 6 heteroatoms. The Labute approximate surface area is 140 Å². The lowest BCUT2D eigenvalue weighted by Gasteiger charge is -2.41. The van der Waals surface area contributed by atoms with E-state index >= 15 is 0 Å². The Morgan fingerprint density at radius 1 is 1.29 bits per heavy atom. The molecule has 0 spiro atoms. The largest absolute Gasteiger partial charge is 0.322 e. The Bertz CT molecular complexity index is 902. The van der Waals surface area contributed by atoms with Gasteiger partial charge in [0.05, 0.1) is 23.6 Å². The fourth-order valence-electron chi connectivity index (χ4n) is 3.22. The van der Waals surface area contributed by atoms with Crippen molar-refractivity contribution in [2.45, 2.75) is 19.4 Å². The van der Waals surface area contributed by atoms with Gasteiger partial charge in [-0.2, -0.15) is 5.10 Å². The summed E-state index contributed by atoms with van der Waals surface area (Å²) in [6, 6.07) is 12.1. The molecular weight excluding hydrogens is 302 g/mol. The number of hydrogen-bond acceptors (Lipinski definition) is 3. The van der Waals surface area contributed by atoms with E-state index in [9.17, 15) is 4.79 Å². The molecule has 3 aromatic rings. The predicted octanol–water partition coefficient (Wildman–Crippen LogP) is 3.26. The van der Waals surface area contributed by atoms with Crippen LogP contribution in [-0.4, -0.2) is 32.2 Å². The summed E-state index contributed by atoms with van der Waals surface area (Å²) in [5.74, 6) is 0. The van der Waals surface area contributed by atoms with Crippen LogP contribution in [0.15, 0.2) is 42.6 Å². The average Bonchev–Trinajstić information content (AvgIpc) is 2.81. The molecule has 4 rings (SSSR count). The number of anilines is 1. The van der Waals surface area contributed by atoms with Crippen molar-refractivity contribution in [1.29, 1.82) is 0 Å². The molecule has 6 nitrogen and oxygen atoms in total. The van der Waals surface area contributed by atoms with Gasteiger partial charge in [-0.25, -0.2) is 9.78 Å². The second-order valence-corrected chi connectivity index (χ2v) is 6.14. The summed E-state index contributed by atoms with van der Waals surface area (Å²) >= 11 is 0. The molecule has 0 saturated carbocycles. The third kappa shape index (κ3) is 2.40. The lowest BCUT2D eigenvalue weighted by atomic mass is 9.95. The van der Waals surface area contributed by atoms with Crippen LogP contribution in [-0.2, 0) is 7.05 Å². The highest BCUT2D eigenvalue weighted by molar-refractivity contribution is 5.92. The maximum Gasteiger partial charge on any atom is 0.322 e. The quantitative estimate of drug-likeness (QED) is 0.788. The summed E-state index contributed by atoms with van der Waals surface area (Å²) in [6.07, 6.45) is 2.68. The number of amides is 2. The molecule has 1 aliphatic heterocycles. The van der Waals surface area contributed by atoms with Crippen molar-refractivity contribution in [3.63, 3.8) is 0 Å². The first-order valence-corrected chi connectivity index (χ1v) is 8.05. The van der Waals surface area contributed by atoms with Crippen molar-refractivity contribution in [3.05, 3.63) is 53.9 Å². The number of benzene rings is 1. The van der Waals surface area contributed by atoms with E-state index in [-0.39, 0.29) is 12.1 Å². The van der Waals surface area contributed by atoms with E-state index in [1.165, 1.54) is 5.56 Å². The first-order valence-electron chi connectivity index (χ1n) is 8.05. The normalized spacial score (nSPS) is 16.9. The molecule has 24 heavy (non-hydrogen) atoms. The minimum atomic E-state index is -0.0854. The van der Waals surface area contributed by atoms with Crippen LogP contribution in [0.1, 0.15) is 23.7 Å². The smallest absolute Gasteiger partial charge is 0.317 e. The Kier molecular flexibility index (Phi) is 3.45. The highest BCUT2D eigenvalue weighted by Gasteiger charge is 2.33. The van der Waals surface area contributed by atoms with Gasteiger partial charge in [-0.05, 0) is 25.0 Å². The third-order valence-corrected chi connectivity index (χ3v) is 4.58. The monoisotopic (exact) mass is 321 g/mol. The molecule has 0 aliphatic carbocycles. The number of carbonyl (C=O) groups is 1. The molecular formula is C18H19N5O. The molecule has 0 bridgehead atoms. The van der Waals surface area contributed by atoms with Crippen molar-refractivity contribution < 1.29 is 4.79 Å². The van der Waals surface area contributed by atoms with Gasteiger partial charge in [-0.3, -0.25) is 4.68 Å². The van der Waals surface area contributed by atoms with Crippen molar-refractivity contribution in [3.8, 4) is 0 Å². The van der Waals surface area contributed by atoms with Crippen LogP contribution in [0.25, 0.3) is 11.0 Å². The summed E-state index contributed by atoms with van der Waals surface area (Å²) in [4.78, 5) is 18.8. The van der Waals surface area contributed by atoms with Gasteiger partial charge in [0, 0.05) is 19.0 Å². The molecule has 1 atom stereocenters. The number of pyridine rings is 1. The highest BCUT2D eigenvalue weighted by atomic mass is 16.2. The predicted molar refractivity (Wildman–Crippen MR) is 92.8 cm³/mol. The number of aryl methyl sites for hydroxylation is 2. The standard InChI is InChI=1S/C18H19N5O/c1-12-15-10-14(11-19-17(15)22(2)21-12)20-18(24)23-9-8-16(23)13-6-4-3-5-7-13/h3-7,10-11,16H,8-9H2,1-2H3,(H,20,24)/t16-/m0/s1. The van der Waals surface area contributed by atoms with Gasteiger partial charge in [0.2, 0.25) is 0 Å². The summed E-state index contributed by atoms with van der Waals surface area (Å²) in [5, 5.41) is 8.27. The number of likely N-dealkylation sites (tertiary alicyclic amines) is 1. The zero-order chi connectivity index (χ0) is 16.7. The lowest BCUT2D eigenvalue weighted by molar-refractivity contribution is 0.126. The van der Waals surface area contributed by atoms with E-state index in [1.54, 1.807) is 10.9 Å². The van der Waals surface area contributed by atoms with Crippen LogP contribution in [0, 0.1) is 6.92 Å². The Morgan fingerprint density at radius 3 is 2.79 bits per heavy atom. The van der Waals surface area contributed by atoms with Gasteiger partial charge >= 0.3 is 6.03 Å². The van der Waals surface area contributed by atoms with Crippen molar-refractivity contribution >= 4 is 22.8 Å². The van der Waals surface area contributed by atoms with Crippen LogP contribution in [0.3, 0.4) is 0 Å². The van der Waals surface area contributed by atoms with Gasteiger partial charge < -0.3 is 10.2 Å². The van der Waals surface area contributed by atoms with Crippen molar-refractivity contribution in [1.82, 2.24) is 19.7 Å². The maximum atomic E-state index is 12.6. The van der Waals surface area contributed by atoms with E-state index in [1.807, 2.05) is 43.1 Å². The number of fused-ring (bicyclic) bond motifs is 1. The molecule has 3 heterocycles. The maximum absolute atomic E-state index is 12.6. The van der Waals surface area contributed by atoms with Gasteiger partial charge in [-0.15, -0.1) is 0 Å². The van der Waals surface area contributed by atoms with Crippen LogP contribution < -0.4 is 5.32 Å². The number of nitrogens with one attached hydrogen (secondary N) is 1. The first-order chi connectivity index (χ1) is 11.6. The highest BCUT2D eigenvalue weighted by Crippen LogP contribution is 2.33. The second kappa shape index (κ2) is 5.63. The molecule has 0 unspecified atom stereocenters. The zero-order valence-corrected chi connectivity index (χ0v) is 13.7. The first kappa shape index (κ1) is 14.7. The fraction of sp³-hybridized carbons (Fsp3) is 0.278. The summed E-state index contributed by atoms with van der Waals surface area (Å²) in [5.41, 5.74) is 3.59. The molecule has 1 fully saturated rings. The van der Waals surface area contributed by atoms with Gasteiger partial charge in [0.25, 0.3) is 0 Å². The van der Waals surface area contributed by atoms with Crippen molar-refractivity contribution in [2.24, 2.45) is 7.05 Å². The van der Waals surface area contributed by atoms with Crippen LogP contribution >= 0.6 is 0 Å². The third-order valence-electron chi connectivity index (χ3n) is 4.58. The number of rotatable bonds is 2. The van der Waals surface area contributed by atoms with Crippen LogP contribution in [0.5, 0.6) is 0 Å². The summed E-state index contributed by atoms with van der Waals surface area (Å²) in [7, 11) is 1.87. The van der Waals surface area contributed by atoms with E-state index < -0.39 is 0 Å². The Balaban J connectivity index is 1.53. The second-order valence-electron chi connectivity index (χ2n) is 6.14. The molecule has 1 N–H and O–H groups in total. The van der Waals surface area contributed by atoms with Gasteiger partial charge in [0.15, 0.2) is 5.65 Å². The van der Waals surface area contributed by atoms with Crippen molar-refractivity contribution in [2.75, 3.05) is 11.9 Å². The average molecular weight is 321 g/mol. The van der Waals surface area contributed by atoms with Crippen LogP contribution in [0.2, 0.25) is 0 Å². The SMILES string of the molecule is Cc1nn(C)c2ncc(NC(=O)N3CC[C@H]3c3ccccc3)cc12. The van der Waals surface area contributed by atoms with Gasteiger partial charge in [-0.1, -0.05) is 30.3 Å². The Morgan fingerprint density at radius 2 is 2.08 bits per heavy atom. The molecule has 1 aliphatic rings.